The second-order valence-electron chi connectivity index (χ2n) is 25.7. The zero-order valence-electron chi connectivity index (χ0n) is 53.7. The largest absolute Gasteiger partial charge is 0.508 e. The van der Waals surface area contributed by atoms with E-state index in [-0.39, 0.29) is 109 Å². The maximum atomic E-state index is 14.4. The molecule has 6 N–H and O–H groups in total. The summed E-state index contributed by atoms with van der Waals surface area (Å²) in [5, 5.41) is 41.5. The number of amides is 6. The quantitative estimate of drug-likeness (QED) is 0.0259. The van der Waals surface area contributed by atoms with Gasteiger partial charge in [-0.05, 0) is 129 Å². The number of Topliss-reactive ketones (excluding diaryl/α,β-unsaturated/α-hetero) is 2. The van der Waals surface area contributed by atoms with Crippen LogP contribution in [0.5, 0.6) is 11.5 Å². The number of epoxide rings is 1. The van der Waals surface area contributed by atoms with Crippen molar-refractivity contribution in [3.8, 4) is 28.6 Å². The van der Waals surface area contributed by atoms with Crippen molar-refractivity contribution in [2.75, 3.05) is 65.6 Å². The lowest BCUT2D eigenvalue weighted by Crippen LogP contribution is -2.57. The maximum absolute atomic E-state index is 14.4. The van der Waals surface area contributed by atoms with E-state index in [1.807, 2.05) is 107 Å². The Labute approximate surface area is 533 Å². The molecule has 0 bridgehead atoms. The Balaban J connectivity index is 0.825. The van der Waals surface area contributed by atoms with Crippen LogP contribution in [0.4, 0.5) is 4.79 Å². The van der Waals surface area contributed by atoms with Gasteiger partial charge in [0.05, 0.1) is 31.4 Å². The van der Waals surface area contributed by atoms with Crippen LogP contribution in [0.2, 0.25) is 0 Å². The Hall–Kier alpha value is -8.50. The van der Waals surface area contributed by atoms with Gasteiger partial charge in [0.15, 0.2) is 17.4 Å². The number of ether oxygens (including phenoxy) is 2. The van der Waals surface area contributed by atoms with Gasteiger partial charge in [0.25, 0.3) is 11.8 Å². The molecule has 4 aromatic carbocycles. The highest BCUT2D eigenvalue weighted by Crippen LogP contribution is 2.39. The number of hydrogen-bond acceptors (Lipinski definition) is 15. The molecule has 3 aliphatic rings. The number of aromatic hydroxyl groups is 2. The van der Waals surface area contributed by atoms with Crippen molar-refractivity contribution in [2.24, 2.45) is 23.7 Å². The molecule has 0 unspecified atom stereocenters. The minimum absolute atomic E-state index is 0.0256. The van der Waals surface area contributed by atoms with Crippen LogP contribution < -0.4 is 21.3 Å². The summed E-state index contributed by atoms with van der Waals surface area (Å²) < 4.78 is 12.8. The van der Waals surface area contributed by atoms with Crippen molar-refractivity contribution in [2.45, 2.75) is 136 Å². The number of nitrogens with zero attached hydrogens (tertiary/aromatic N) is 6. The fourth-order valence-electron chi connectivity index (χ4n) is 11.9. The molecule has 0 spiro atoms. The molecule has 0 radical (unpaired) electrons. The molecule has 8 rings (SSSR count). The zero-order valence-corrected chi connectivity index (χ0v) is 53.7. The summed E-state index contributed by atoms with van der Waals surface area (Å²) in [6, 6.07) is 25.4. The highest BCUT2D eigenvalue weighted by atomic mass is 16.6. The van der Waals surface area contributed by atoms with E-state index in [0.29, 0.717) is 94.9 Å². The minimum Gasteiger partial charge on any atom is -0.508 e. The Morgan fingerprint density at radius 2 is 1.32 bits per heavy atom. The summed E-state index contributed by atoms with van der Waals surface area (Å²) in [5.74, 6) is -3.30. The standard InChI is InChI=1S/C69H90N10O12/c1-9-70-66(87)63-75-74-62(53-38-52(45(6)7)57(80)39-58(53)81)79(63)51-23-21-49(22-24-51)67(88)77-28-26-48(27-29-77)41-90-68(89)78-32-30-76(31-33-78)40-60(83)71-54(25-20-46-16-12-10-13-17-46)64(85)73-56(35-44(4)5)65(86)72-55(36-47-18-14-11-15-19-47)59(82)37-50(34-43(2)3)61(84)69(8)42-91-69/h10-19,21-24,38-39,43-45,48,50,54-56,80-81H,9,20,25-37,40-42H2,1-8H3,(H,70,87)(H,71,83)(H,72,86)(H,73,85)/t50-,54+,55+,56+,69-/m1/s1. The normalized spacial score (nSPS) is 17.4. The molecular formula is C69H90N10O12. The highest BCUT2D eigenvalue weighted by molar-refractivity contribution is 5.99. The number of phenols is 2. The zero-order chi connectivity index (χ0) is 65.5. The number of benzene rings is 4. The Morgan fingerprint density at radius 3 is 1.92 bits per heavy atom. The van der Waals surface area contributed by atoms with E-state index < -0.39 is 59.4 Å². The Morgan fingerprint density at radius 1 is 0.703 bits per heavy atom. The van der Waals surface area contributed by atoms with Crippen molar-refractivity contribution in [3.05, 3.63) is 125 Å². The molecule has 3 fully saturated rings. The van der Waals surface area contributed by atoms with Gasteiger partial charge >= 0.3 is 6.09 Å². The first-order valence-corrected chi connectivity index (χ1v) is 32.0. The van der Waals surface area contributed by atoms with Crippen LogP contribution in [-0.2, 0) is 46.3 Å². The number of aromatic nitrogens is 3. The lowest BCUT2D eigenvalue weighted by molar-refractivity contribution is -0.135. The number of rotatable bonds is 29. The molecule has 0 aliphatic carbocycles. The van der Waals surface area contributed by atoms with Crippen LogP contribution in [0.1, 0.15) is 138 Å². The first kappa shape index (κ1) is 68.4. The third-order valence-electron chi connectivity index (χ3n) is 17.1. The second-order valence-corrected chi connectivity index (χ2v) is 25.7. The number of carbonyl (C=O) groups excluding carboxylic acids is 8. The molecule has 3 saturated heterocycles. The average Bonchev–Trinajstić information content (AvgIpc) is 1.72. The van der Waals surface area contributed by atoms with E-state index in [1.165, 1.54) is 10.6 Å². The molecule has 4 heterocycles. The monoisotopic (exact) mass is 1250 g/mol. The van der Waals surface area contributed by atoms with Gasteiger partial charge in [-0.15, -0.1) is 10.2 Å². The van der Waals surface area contributed by atoms with Crippen LogP contribution in [0.3, 0.4) is 0 Å². The van der Waals surface area contributed by atoms with E-state index >= 15 is 0 Å². The molecule has 5 aromatic rings. The topological polar surface area (TPSA) is 287 Å². The minimum atomic E-state index is -1.06. The van der Waals surface area contributed by atoms with E-state index in [2.05, 4.69) is 31.5 Å². The van der Waals surface area contributed by atoms with E-state index in [9.17, 15) is 48.6 Å². The summed E-state index contributed by atoms with van der Waals surface area (Å²) in [4.78, 5) is 116. The molecule has 3 aliphatic heterocycles. The van der Waals surface area contributed by atoms with E-state index in [1.54, 1.807) is 54.0 Å². The van der Waals surface area contributed by atoms with Crippen molar-refractivity contribution in [1.82, 2.24) is 50.7 Å². The summed E-state index contributed by atoms with van der Waals surface area (Å²) >= 11 is 0. The number of nitrogens with one attached hydrogen (secondary N) is 4. The van der Waals surface area contributed by atoms with Gasteiger partial charge in [-0.25, -0.2) is 4.79 Å². The van der Waals surface area contributed by atoms with Crippen LogP contribution in [0, 0.1) is 23.7 Å². The number of piperidine rings is 1. The Bertz CT molecular complexity index is 3330. The molecule has 0 saturated carbocycles. The predicted molar refractivity (Wildman–Crippen MR) is 342 cm³/mol. The summed E-state index contributed by atoms with van der Waals surface area (Å²) in [6.07, 6.45) is 2.28. The predicted octanol–water partition coefficient (Wildman–Crippen LogP) is 7.18. The van der Waals surface area contributed by atoms with Crippen LogP contribution in [0.25, 0.3) is 17.1 Å². The molecule has 22 heteroatoms. The number of likely N-dealkylation sites (tertiary alicyclic amines) is 1. The molecule has 22 nitrogen and oxygen atoms in total. The maximum Gasteiger partial charge on any atom is 0.409 e. The van der Waals surface area contributed by atoms with Gasteiger partial charge in [0.2, 0.25) is 23.5 Å². The van der Waals surface area contributed by atoms with E-state index in [0.717, 1.165) is 11.1 Å². The van der Waals surface area contributed by atoms with Crippen LogP contribution in [-0.4, -0.2) is 176 Å². The van der Waals surface area contributed by atoms with Gasteiger partial charge in [0.1, 0.15) is 29.2 Å². The van der Waals surface area contributed by atoms with Gasteiger partial charge in [0, 0.05) is 75.5 Å². The summed E-state index contributed by atoms with van der Waals surface area (Å²) in [5.41, 5.74) is 2.60. The highest BCUT2D eigenvalue weighted by Gasteiger charge is 2.50. The Kier molecular flexibility index (Phi) is 23.7. The molecular weight excluding hydrogens is 1160 g/mol. The lowest BCUT2D eigenvalue weighted by Gasteiger charge is -2.35. The number of piperazine rings is 1. The van der Waals surface area contributed by atoms with Crippen molar-refractivity contribution in [3.63, 3.8) is 0 Å². The first-order chi connectivity index (χ1) is 43.5. The number of hydrogen-bond donors (Lipinski definition) is 6. The van der Waals surface area contributed by atoms with Gasteiger partial charge in [-0.1, -0.05) is 102 Å². The van der Waals surface area contributed by atoms with Crippen molar-refractivity contribution in [1.29, 1.82) is 0 Å². The SMILES string of the molecule is CCNC(=O)c1nnc(-c2cc(C(C)C)c(O)cc2O)n1-c1ccc(C(=O)N2CCC(COC(=O)N3CCN(CC(=O)N[C@@H](CCc4ccccc4)C(=O)N[C@@H](CC(C)C)C(=O)N[C@@H](Cc4ccccc4)C(=O)C[C@@H](CC(C)C)C(=O)[C@@]4(C)CO4)CC3)CC2)cc1. The van der Waals surface area contributed by atoms with Gasteiger partial charge < -0.3 is 50.8 Å². The first-order valence-electron chi connectivity index (χ1n) is 32.0. The fourth-order valence-corrected chi connectivity index (χ4v) is 11.9. The molecule has 6 amide bonds. The molecule has 91 heavy (non-hydrogen) atoms. The number of phenolic OH excluding ortho intramolecular Hbond substituents is 2. The second kappa shape index (κ2) is 31.5. The molecule has 488 valence electrons. The van der Waals surface area contributed by atoms with Crippen molar-refractivity contribution < 1.29 is 58.0 Å². The summed E-state index contributed by atoms with van der Waals surface area (Å²) in [6.45, 7) is 18.2. The van der Waals surface area contributed by atoms with Gasteiger partial charge in [-0.3, -0.25) is 43.0 Å². The van der Waals surface area contributed by atoms with Crippen molar-refractivity contribution >= 4 is 47.2 Å². The summed E-state index contributed by atoms with van der Waals surface area (Å²) in [7, 11) is 0. The molecule has 1 aromatic heterocycles. The fraction of sp³-hybridized carbons (Fsp3) is 0.507. The third kappa shape index (κ3) is 18.6. The lowest BCUT2D eigenvalue weighted by atomic mass is 9.82. The van der Waals surface area contributed by atoms with Crippen LogP contribution >= 0.6 is 0 Å². The molecule has 5 atom stereocenters. The average molecular weight is 1250 g/mol. The van der Waals surface area contributed by atoms with Crippen LogP contribution in [0.15, 0.2) is 97.1 Å². The van der Waals surface area contributed by atoms with Gasteiger partial charge in [-0.2, -0.15) is 0 Å². The smallest absolute Gasteiger partial charge is 0.409 e. The third-order valence-corrected chi connectivity index (χ3v) is 17.1. The number of ketones is 2. The van der Waals surface area contributed by atoms with E-state index in [4.69, 9.17) is 9.47 Å². The number of aryl methyl sites for hydroxylation is 1. The number of carbonyl (C=O) groups is 8.